The molecule has 0 fully saturated rings. The molecular formula is C22H26N2O. The fourth-order valence-corrected chi connectivity index (χ4v) is 2.27. The molecule has 0 aliphatic heterocycles. The van der Waals surface area contributed by atoms with Crippen LogP contribution in [0.15, 0.2) is 66.7 Å². The normalized spacial score (nSPS) is 10.8. The van der Waals surface area contributed by atoms with Gasteiger partial charge < -0.3 is 15.4 Å². The highest BCUT2D eigenvalue weighted by Crippen LogP contribution is 2.10. The van der Waals surface area contributed by atoms with Crippen LogP contribution in [0.1, 0.15) is 18.1 Å². The van der Waals surface area contributed by atoms with Crippen LogP contribution >= 0.6 is 0 Å². The predicted octanol–water partition coefficient (Wildman–Crippen LogP) is 3.29. The smallest absolute Gasteiger partial charge is 0.0670 e. The van der Waals surface area contributed by atoms with Crippen molar-refractivity contribution in [2.24, 2.45) is 0 Å². The van der Waals surface area contributed by atoms with Gasteiger partial charge in [-0.2, -0.15) is 0 Å². The van der Waals surface area contributed by atoms with Crippen LogP contribution in [0.25, 0.3) is 5.70 Å². The summed E-state index contributed by atoms with van der Waals surface area (Å²) in [6.45, 7) is 5.70. The van der Waals surface area contributed by atoms with Gasteiger partial charge in [-0.3, -0.25) is 0 Å². The third-order valence-electron chi connectivity index (χ3n) is 3.53. The van der Waals surface area contributed by atoms with Crippen molar-refractivity contribution in [1.29, 1.82) is 0 Å². The molecule has 2 N–H and O–H groups in total. The van der Waals surface area contributed by atoms with Gasteiger partial charge in [0.05, 0.1) is 13.2 Å². The minimum Gasteiger partial charge on any atom is -0.383 e. The van der Waals surface area contributed by atoms with E-state index in [4.69, 9.17) is 4.74 Å². The third-order valence-corrected chi connectivity index (χ3v) is 3.53. The van der Waals surface area contributed by atoms with E-state index in [0.29, 0.717) is 13.2 Å². The van der Waals surface area contributed by atoms with Crippen molar-refractivity contribution in [3.63, 3.8) is 0 Å². The highest BCUT2D eigenvalue weighted by molar-refractivity contribution is 5.63. The van der Waals surface area contributed by atoms with Gasteiger partial charge in [-0.1, -0.05) is 60.4 Å². The molecule has 2 aromatic rings. The highest BCUT2D eigenvalue weighted by Gasteiger charge is 1.99. The molecular weight excluding hydrogens is 308 g/mol. The Kier molecular flexibility index (Phi) is 8.96. The van der Waals surface area contributed by atoms with E-state index < -0.39 is 0 Å². The van der Waals surface area contributed by atoms with Crippen molar-refractivity contribution < 1.29 is 4.74 Å². The van der Waals surface area contributed by atoms with E-state index in [0.717, 1.165) is 31.0 Å². The summed E-state index contributed by atoms with van der Waals surface area (Å²) < 4.78 is 5.44. The molecule has 0 atom stereocenters. The number of hydrogen-bond acceptors (Lipinski definition) is 3. The molecule has 0 amide bonds. The van der Waals surface area contributed by atoms with E-state index in [9.17, 15) is 0 Å². The summed E-state index contributed by atoms with van der Waals surface area (Å²) >= 11 is 0. The van der Waals surface area contributed by atoms with Gasteiger partial charge >= 0.3 is 0 Å². The van der Waals surface area contributed by atoms with Gasteiger partial charge in [0, 0.05) is 31.0 Å². The maximum atomic E-state index is 5.44. The summed E-state index contributed by atoms with van der Waals surface area (Å²) in [4.78, 5) is 0. The molecule has 2 aromatic carbocycles. The molecule has 0 saturated heterocycles. The van der Waals surface area contributed by atoms with Crippen molar-refractivity contribution in [3.05, 3.63) is 77.9 Å². The van der Waals surface area contributed by atoms with Crippen LogP contribution < -0.4 is 10.6 Å². The summed E-state index contributed by atoms with van der Waals surface area (Å²) in [5.74, 6) is 6.28. The molecule has 0 aliphatic carbocycles. The lowest BCUT2D eigenvalue weighted by molar-refractivity contribution is 0.177. The van der Waals surface area contributed by atoms with Crippen molar-refractivity contribution in [2.75, 3.05) is 32.8 Å². The van der Waals surface area contributed by atoms with E-state index in [1.807, 2.05) is 55.5 Å². The van der Waals surface area contributed by atoms with Crippen LogP contribution in [0, 0.1) is 11.8 Å². The molecule has 2 rings (SSSR count). The minimum absolute atomic E-state index is 0.615. The second-order valence-corrected chi connectivity index (χ2v) is 5.41. The number of rotatable bonds is 9. The first-order chi connectivity index (χ1) is 12.4. The zero-order valence-corrected chi connectivity index (χ0v) is 14.8. The second-order valence-electron chi connectivity index (χ2n) is 5.41. The molecule has 0 radical (unpaired) electrons. The van der Waals surface area contributed by atoms with Gasteiger partial charge in [0.25, 0.3) is 0 Å². The molecule has 0 aromatic heterocycles. The standard InChI is InChI=1S/C22H26N2O/c1-2-25-19-15-22(21-13-7-4-8-14-21)24-18-17-23-16-9-12-20-10-5-3-6-11-20/h3-8,10-11,13-15,23-24H,2,16-19H2,1H3/b22-15+. The summed E-state index contributed by atoms with van der Waals surface area (Å²) in [7, 11) is 0. The molecule has 0 aliphatic rings. The van der Waals surface area contributed by atoms with Crippen LogP contribution in [0.4, 0.5) is 0 Å². The average Bonchev–Trinajstić information content (AvgIpc) is 2.67. The van der Waals surface area contributed by atoms with Crippen LogP contribution in [0.3, 0.4) is 0 Å². The number of hydrogen-bond donors (Lipinski definition) is 2. The first-order valence-corrected chi connectivity index (χ1v) is 8.72. The van der Waals surface area contributed by atoms with Gasteiger partial charge in [-0.05, 0) is 30.7 Å². The van der Waals surface area contributed by atoms with Crippen molar-refractivity contribution in [1.82, 2.24) is 10.6 Å². The van der Waals surface area contributed by atoms with Crippen molar-refractivity contribution in [2.45, 2.75) is 6.92 Å². The maximum absolute atomic E-state index is 5.44. The first kappa shape index (κ1) is 18.8. The SMILES string of the molecule is CCOC/C=C(/NCCNCC#Cc1ccccc1)c1ccccc1. The largest absolute Gasteiger partial charge is 0.383 e. The number of benzene rings is 2. The van der Waals surface area contributed by atoms with Crippen LogP contribution in [-0.4, -0.2) is 32.8 Å². The van der Waals surface area contributed by atoms with Crippen LogP contribution in [0.2, 0.25) is 0 Å². The average molecular weight is 334 g/mol. The maximum Gasteiger partial charge on any atom is 0.0670 e. The van der Waals surface area contributed by atoms with Gasteiger partial charge in [0.2, 0.25) is 0 Å². The summed E-state index contributed by atoms with van der Waals surface area (Å²) in [6.07, 6.45) is 2.09. The fourth-order valence-electron chi connectivity index (χ4n) is 2.27. The molecule has 130 valence electrons. The monoisotopic (exact) mass is 334 g/mol. The Morgan fingerprint density at radius 1 is 1.00 bits per heavy atom. The Morgan fingerprint density at radius 3 is 2.44 bits per heavy atom. The molecule has 0 unspecified atom stereocenters. The molecule has 3 heteroatoms. The zero-order valence-electron chi connectivity index (χ0n) is 14.8. The number of nitrogens with one attached hydrogen (secondary N) is 2. The lowest BCUT2D eigenvalue weighted by atomic mass is 10.1. The van der Waals surface area contributed by atoms with Crippen molar-refractivity contribution in [3.8, 4) is 11.8 Å². The molecule has 0 saturated carbocycles. The molecule has 3 nitrogen and oxygen atoms in total. The molecule has 0 bridgehead atoms. The lowest BCUT2D eigenvalue weighted by Gasteiger charge is -2.12. The number of ether oxygens (including phenoxy) is 1. The summed E-state index contributed by atoms with van der Waals surface area (Å²) in [5, 5.41) is 6.81. The molecule has 25 heavy (non-hydrogen) atoms. The lowest BCUT2D eigenvalue weighted by Crippen LogP contribution is -2.27. The van der Waals surface area contributed by atoms with Crippen LogP contribution in [0.5, 0.6) is 0 Å². The van der Waals surface area contributed by atoms with Crippen LogP contribution in [-0.2, 0) is 4.74 Å². The predicted molar refractivity (Wildman–Crippen MR) is 105 cm³/mol. The fraction of sp³-hybridized carbons (Fsp3) is 0.273. The Balaban J connectivity index is 1.73. The molecule has 0 spiro atoms. The zero-order chi connectivity index (χ0) is 17.6. The Labute approximate surface area is 151 Å². The van der Waals surface area contributed by atoms with E-state index in [1.54, 1.807) is 0 Å². The Hall–Kier alpha value is -2.54. The minimum atomic E-state index is 0.615. The summed E-state index contributed by atoms with van der Waals surface area (Å²) in [5.41, 5.74) is 3.32. The van der Waals surface area contributed by atoms with Gasteiger partial charge in [0.1, 0.15) is 0 Å². The quantitative estimate of drug-likeness (QED) is 0.545. The third kappa shape index (κ3) is 7.71. The Morgan fingerprint density at radius 2 is 1.72 bits per heavy atom. The first-order valence-electron chi connectivity index (χ1n) is 8.72. The van der Waals surface area contributed by atoms with E-state index >= 15 is 0 Å². The summed E-state index contributed by atoms with van der Waals surface area (Å²) in [6, 6.07) is 20.4. The van der Waals surface area contributed by atoms with E-state index in [2.05, 4.69) is 40.7 Å². The van der Waals surface area contributed by atoms with Gasteiger partial charge in [-0.25, -0.2) is 0 Å². The molecule has 0 heterocycles. The van der Waals surface area contributed by atoms with E-state index in [1.165, 1.54) is 5.56 Å². The Bertz CT molecular complexity index is 684. The van der Waals surface area contributed by atoms with Crippen molar-refractivity contribution >= 4 is 5.70 Å². The second kappa shape index (κ2) is 11.9. The highest BCUT2D eigenvalue weighted by atomic mass is 16.5. The topological polar surface area (TPSA) is 33.3 Å². The van der Waals surface area contributed by atoms with Gasteiger partial charge in [-0.15, -0.1) is 0 Å². The van der Waals surface area contributed by atoms with Gasteiger partial charge in [0.15, 0.2) is 0 Å². The van der Waals surface area contributed by atoms with E-state index in [-0.39, 0.29) is 0 Å².